The molecule has 0 aliphatic carbocycles. The Morgan fingerprint density at radius 1 is 0.706 bits per heavy atom. The Labute approximate surface area is 109 Å². The smallest absolute Gasteiger partial charge is 0.0348 e. The van der Waals surface area contributed by atoms with Gasteiger partial charge < -0.3 is 0 Å². The molecular weight excluding hydrogens is 204 g/mol. The Morgan fingerprint density at radius 2 is 1.18 bits per heavy atom. The third-order valence-electron chi connectivity index (χ3n) is 3.22. The summed E-state index contributed by atoms with van der Waals surface area (Å²) in [4.78, 5) is 0. The highest BCUT2D eigenvalue weighted by Gasteiger charge is 1.92. The quantitative estimate of drug-likeness (QED) is 0.262. The van der Waals surface area contributed by atoms with Crippen molar-refractivity contribution in [2.24, 2.45) is 0 Å². The van der Waals surface area contributed by atoms with Crippen LogP contribution in [0, 0.1) is 6.58 Å². The fraction of sp³-hybridized carbons (Fsp3) is 0.765. The minimum Gasteiger partial charge on any atom is -0.0845 e. The van der Waals surface area contributed by atoms with Gasteiger partial charge in [-0.3, -0.25) is 0 Å². The van der Waals surface area contributed by atoms with Gasteiger partial charge >= 0.3 is 0 Å². The van der Waals surface area contributed by atoms with Crippen molar-refractivity contribution in [3.8, 4) is 0 Å². The molecule has 0 fully saturated rings. The van der Waals surface area contributed by atoms with Gasteiger partial charge in [0, 0.05) is 0 Å². The first-order valence-electron chi connectivity index (χ1n) is 7.62. The van der Waals surface area contributed by atoms with E-state index in [0.29, 0.717) is 0 Å². The number of hydrogen-bond acceptors (Lipinski definition) is 0. The molecule has 0 nitrogen and oxygen atoms in total. The number of rotatable bonds is 13. The van der Waals surface area contributed by atoms with Gasteiger partial charge in [-0.05, 0) is 12.8 Å². The normalized spacial score (nSPS) is 11.1. The van der Waals surface area contributed by atoms with Crippen LogP contribution in [0.3, 0.4) is 0 Å². The standard InChI is InChI=1S/C17H31/c1-3-5-7-9-11-13-15-17-16-14-12-10-8-6-4-2/h1,3,5,7H,4,6,8-17H2,2H3/b3-1?,7-5+. The summed E-state index contributed by atoms with van der Waals surface area (Å²) in [5.41, 5.74) is 0. The predicted octanol–water partition coefficient (Wildman–Crippen LogP) is 6.23. The van der Waals surface area contributed by atoms with Crippen molar-refractivity contribution in [3.63, 3.8) is 0 Å². The van der Waals surface area contributed by atoms with Crippen molar-refractivity contribution in [1.29, 1.82) is 0 Å². The lowest BCUT2D eigenvalue weighted by Gasteiger charge is -2.01. The summed E-state index contributed by atoms with van der Waals surface area (Å²) < 4.78 is 0. The second-order valence-electron chi connectivity index (χ2n) is 4.94. The van der Waals surface area contributed by atoms with Crippen LogP contribution in [-0.4, -0.2) is 0 Å². The van der Waals surface area contributed by atoms with Crippen LogP contribution in [0.4, 0.5) is 0 Å². The lowest BCUT2D eigenvalue weighted by molar-refractivity contribution is 0.550. The van der Waals surface area contributed by atoms with Crippen LogP contribution in [0.2, 0.25) is 0 Å². The van der Waals surface area contributed by atoms with Crippen LogP contribution in [0.15, 0.2) is 18.2 Å². The molecule has 0 atom stereocenters. The molecule has 0 aliphatic rings. The van der Waals surface area contributed by atoms with Gasteiger partial charge in [0.15, 0.2) is 0 Å². The highest BCUT2D eigenvalue weighted by molar-refractivity contribution is 4.95. The molecule has 0 heteroatoms. The third-order valence-corrected chi connectivity index (χ3v) is 3.22. The maximum Gasteiger partial charge on any atom is -0.0348 e. The summed E-state index contributed by atoms with van der Waals surface area (Å²) in [5, 5.41) is 0. The SMILES string of the molecule is [CH]=C/C=C/CCCCCCCCCCCCC. The van der Waals surface area contributed by atoms with Gasteiger partial charge in [0.2, 0.25) is 0 Å². The molecule has 0 amide bonds. The molecule has 0 N–H and O–H groups in total. The molecule has 0 aromatic heterocycles. The zero-order chi connectivity index (χ0) is 12.6. The first-order chi connectivity index (χ1) is 8.41. The maximum atomic E-state index is 5.26. The molecule has 0 unspecified atom stereocenters. The number of allylic oxidation sites excluding steroid dienone is 3. The fourth-order valence-electron chi connectivity index (χ4n) is 2.10. The van der Waals surface area contributed by atoms with Gasteiger partial charge in [0.05, 0.1) is 0 Å². The molecular formula is C17H31. The van der Waals surface area contributed by atoms with Crippen LogP contribution in [0.1, 0.15) is 84.0 Å². The van der Waals surface area contributed by atoms with E-state index in [9.17, 15) is 0 Å². The van der Waals surface area contributed by atoms with Crippen LogP contribution in [0.25, 0.3) is 0 Å². The molecule has 0 aliphatic heterocycles. The zero-order valence-electron chi connectivity index (χ0n) is 11.8. The molecule has 0 rings (SSSR count). The Kier molecular flexibility index (Phi) is 15.0. The minimum absolute atomic E-state index is 1.19. The Balaban J connectivity index is 2.93. The summed E-state index contributed by atoms with van der Waals surface area (Å²) in [6, 6.07) is 0. The lowest BCUT2D eigenvalue weighted by atomic mass is 10.1. The highest BCUT2D eigenvalue weighted by atomic mass is 14.0. The van der Waals surface area contributed by atoms with Crippen molar-refractivity contribution < 1.29 is 0 Å². The molecule has 0 spiro atoms. The average molecular weight is 235 g/mol. The Bertz CT molecular complexity index is 167. The van der Waals surface area contributed by atoms with E-state index in [1.165, 1.54) is 77.0 Å². The summed E-state index contributed by atoms with van der Waals surface area (Å²) in [7, 11) is 0. The van der Waals surface area contributed by atoms with Crippen LogP contribution >= 0.6 is 0 Å². The van der Waals surface area contributed by atoms with Crippen molar-refractivity contribution in [1.82, 2.24) is 0 Å². The monoisotopic (exact) mass is 235 g/mol. The first-order valence-corrected chi connectivity index (χ1v) is 7.62. The van der Waals surface area contributed by atoms with E-state index in [1.807, 2.05) is 6.08 Å². The van der Waals surface area contributed by atoms with E-state index in [-0.39, 0.29) is 0 Å². The average Bonchev–Trinajstić information content (AvgIpc) is 2.35. The fourth-order valence-corrected chi connectivity index (χ4v) is 2.10. The van der Waals surface area contributed by atoms with Gasteiger partial charge in [0.1, 0.15) is 0 Å². The van der Waals surface area contributed by atoms with Gasteiger partial charge in [-0.2, -0.15) is 0 Å². The minimum atomic E-state index is 1.19. The largest absolute Gasteiger partial charge is 0.0845 e. The summed E-state index contributed by atoms with van der Waals surface area (Å²) >= 11 is 0. The second-order valence-corrected chi connectivity index (χ2v) is 4.94. The Morgan fingerprint density at radius 3 is 1.65 bits per heavy atom. The van der Waals surface area contributed by atoms with E-state index in [2.05, 4.69) is 13.0 Å². The molecule has 0 saturated carbocycles. The summed E-state index contributed by atoms with van der Waals surface area (Å²) in [5.74, 6) is 0. The van der Waals surface area contributed by atoms with E-state index in [0.717, 1.165) is 0 Å². The molecule has 0 aromatic carbocycles. The number of unbranched alkanes of at least 4 members (excludes halogenated alkanes) is 11. The molecule has 1 radical (unpaired) electrons. The second kappa shape index (κ2) is 15.5. The predicted molar refractivity (Wildman–Crippen MR) is 79.1 cm³/mol. The van der Waals surface area contributed by atoms with Crippen LogP contribution < -0.4 is 0 Å². The molecule has 0 bridgehead atoms. The van der Waals surface area contributed by atoms with Crippen molar-refractivity contribution >= 4 is 0 Å². The van der Waals surface area contributed by atoms with Crippen molar-refractivity contribution in [3.05, 3.63) is 24.8 Å². The Hall–Kier alpha value is -0.520. The van der Waals surface area contributed by atoms with Gasteiger partial charge in [0.25, 0.3) is 0 Å². The topological polar surface area (TPSA) is 0 Å². The highest BCUT2D eigenvalue weighted by Crippen LogP contribution is 2.11. The zero-order valence-corrected chi connectivity index (χ0v) is 11.8. The van der Waals surface area contributed by atoms with E-state index < -0.39 is 0 Å². The maximum absolute atomic E-state index is 5.26. The molecule has 0 aromatic rings. The summed E-state index contributed by atoms with van der Waals surface area (Å²) in [6.07, 6.45) is 22.5. The van der Waals surface area contributed by atoms with E-state index >= 15 is 0 Å². The third kappa shape index (κ3) is 15.5. The first kappa shape index (κ1) is 16.5. The molecule has 0 heterocycles. The van der Waals surface area contributed by atoms with Gasteiger partial charge in [-0.25, -0.2) is 0 Å². The number of hydrogen-bond donors (Lipinski definition) is 0. The molecule has 99 valence electrons. The van der Waals surface area contributed by atoms with Crippen LogP contribution in [0.5, 0.6) is 0 Å². The van der Waals surface area contributed by atoms with E-state index in [4.69, 9.17) is 6.58 Å². The van der Waals surface area contributed by atoms with Gasteiger partial charge in [-0.15, -0.1) is 0 Å². The molecule has 0 saturated heterocycles. The van der Waals surface area contributed by atoms with Crippen molar-refractivity contribution in [2.75, 3.05) is 0 Å². The molecule has 17 heavy (non-hydrogen) atoms. The lowest BCUT2D eigenvalue weighted by Crippen LogP contribution is -1.81. The van der Waals surface area contributed by atoms with Crippen molar-refractivity contribution in [2.45, 2.75) is 84.0 Å². The summed E-state index contributed by atoms with van der Waals surface area (Å²) in [6.45, 7) is 7.53. The van der Waals surface area contributed by atoms with Gasteiger partial charge in [-0.1, -0.05) is 95.9 Å². The van der Waals surface area contributed by atoms with Crippen LogP contribution in [-0.2, 0) is 0 Å². The van der Waals surface area contributed by atoms with E-state index in [1.54, 1.807) is 6.08 Å².